The maximum Gasteiger partial charge on any atom is 0.513 e. The lowest BCUT2D eigenvalue weighted by Crippen LogP contribution is -2.13. The SMILES string of the molecule is CCCCCCCCCOC(=O)Oc1c2ccccc2c(-c2c3ccccc3c(OC(=O)OCCCCCCCCC)c3c(C)cccc23)c2cccc(C)c12. The second kappa shape index (κ2) is 20.2. The van der Waals surface area contributed by atoms with Crippen LogP contribution in [-0.4, -0.2) is 25.5 Å². The highest BCUT2D eigenvalue weighted by Gasteiger charge is 2.25. The van der Waals surface area contributed by atoms with Crippen molar-refractivity contribution in [1.82, 2.24) is 0 Å². The van der Waals surface area contributed by atoms with Crippen LogP contribution in [0.25, 0.3) is 54.2 Å². The van der Waals surface area contributed by atoms with Gasteiger partial charge < -0.3 is 18.9 Å². The molecule has 0 saturated carbocycles. The van der Waals surface area contributed by atoms with Crippen LogP contribution in [0.4, 0.5) is 9.59 Å². The zero-order valence-corrected chi connectivity index (χ0v) is 33.8. The fourth-order valence-electron chi connectivity index (χ4n) is 8.12. The van der Waals surface area contributed by atoms with Gasteiger partial charge in [0.05, 0.1) is 13.2 Å². The summed E-state index contributed by atoms with van der Waals surface area (Å²) in [6.07, 6.45) is 14.5. The maximum absolute atomic E-state index is 13.3. The summed E-state index contributed by atoms with van der Waals surface area (Å²) < 4.78 is 23.6. The molecular weight excluding hydrogens is 697 g/mol. The summed E-state index contributed by atoms with van der Waals surface area (Å²) in [4.78, 5) is 26.6. The van der Waals surface area contributed by atoms with E-state index in [9.17, 15) is 9.59 Å². The maximum atomic E-state index is 13.3. The van der Waals surface area contributed by atoms with Gasteiger partial charge in [0.1, 0.15) is 0 Å². The quantitative estimate of drug-likeness (QED) is 0.0355. The smallest absolute Gasteiger partial charge is 0.434 e. The van der Waals surface area contributed by atoms with E-state index in [4.69, 9.17) is 18.9 Å². The van der Waals surface area contributed by atoms with Gasteiger partial charge in [-0.25, -0.2) is 9.59 Å². The molecule has 6 nitrogen and oxygen atoms in total. The van der Waals surface area contributed by atoms with Crippen molar-refractivity contribution in [2.24, 2.45) is 0 Å². The molecule has 0 unspecified atom stereocenters. The molecule has 0 aliphatic rings. The van der Waals surface area contributed by atoms with E-state index in [1.165, 1.54) is 51.4 Å². The van der Waals surface area contributed by atoms with E-state index >= 15 is 0 Å². The lowest BCUT2D eigenvalue weighted by atomic mass is 9.84. The van der Waals surface area contributed by atoms with Gasteiger partial charge in [0, 0.05) is 21.5 Å². The van der Waals surface area contributed by atoms with Crippen LogP contribution in [0, 0.1) is 13.8 Å². The number of fused-ring (bicyclic) bond motifs is 4. The minimum absolute atomic E-state index is 0.331. The third-order valence-electron chi connectivity index (χ3n) is 11.0. The minimum atomic E-state index is -0.690. The van der Waals surface area contributed by atoms with Gasteiger partial charge in [0.2, 0.25) is 0 Å². The molecule has 0 saturated heterocycles. The van der Waals surface area contributed by atoms with Crippen molar-refractivity contribution in [2.45, 2.75) is 118 Å². The van der Waals surface area contributed by atoms with Crippen molar-refractivity contribution >= 4 is 55.4 Å². The molecular formula is C50H58O6. The first-order valence-electron chi connectivity index (χ1n) is 21.0. The van der Waals surface area contributed by atoms with Crippen molar-refractivity contribution in [3.63, 3.8) is 0 Å². The van der Waals surface area contributed by atoms with Crippen molar-refractivity contribution in [1.29, 1.82) is 0 Å². The van der Waals surface area contributed by atoms with Crippen LogP contribution in [0.5, 0.6) is 11.5 Å². The molecule has 0 atom stereocenters. The number of aryl methyl sites for hydroxylation is 2. The fourth-order valence-corrected chi connectivity index (χ4v) is 8.12. The third-order valence-corrected chi connectivity index (χ3v) is 11.0. The topological polar surface area (TPSA) is 71.1 Å². The summed E-state index contributed by atoms with van der Waals surface area (Å²) in [6.45, 7) is 9.20. The van der Waals surface area contributed by atoms with Crippen LogP contribution < -0.4 is 9.47 Å². The van der Waals surface area contributed by atoms with E-state index < -0.39 is 12.3 Å². The first kappa shape index (κ1) is 40.6. The fraction of sp³-hybridized carbons (Fsp3) is 0.400. The average Bonchev–Trinajstić information content (AvgIpc) is 3.20. The van der Waals surface area contributed by atoms with Crippen molar-refractivity contribution in [3.05, 3.63) is 96.1 Å². The van der Waals surface area contributed by atoms with E-state index in [-0.39, 0.29) is 0 Å². The predicted molar refractivity (Wildman–Crippen MR) is 231 cm³/mol. The molecule has 0 aliphatic heterocycles. The Morgan fingerprint density at radius 1 is 0.411 bits per heavy atom. The van der Waals surface area contributed by atoms with E-state index in [1.807, 2.05) is 74.5 Å². The summed E-state index contributed by atoms with van der Waals surface area (Å²) in [5, 5.41) is 7.13. The van der Waals surface area contributed by atoms with E-state index in [1.54, 1.807) is 0 Å². The summed E-state index contributed by atoms with van der Waals surface area (Å²) >= 11 is 0. The molecule has 0 amide bonds. The molecule has 0 aliphatic carbocycles. The van der Waals surface area contributed by atoms with Crippen molar-refractivity contribution in [3.8, 4) is 22.6 Å². The van der Waals surface area contributed by atoms with Crippen LogP contribution in [0.3, 0.4) is 0 Å². The average molecular weight is 755 g/mol. The summed E-state index contributed by atoms with van der Waals surface area (Å²) in [5.74, 6) is 0.992. The normalized spacial score (nSPS) is 11.4. The summed E-state index contributed by atoms with van der Waals surface area (Å²) in [6, 6.07) is 28.6. The first-order chi connectivity index (χ1) is 27.4. The highest BCUT2D eigenvalue weighted by Crippen LogP contribution is 2.51. The minimum Gasteiger partial charge on any atom is -0.434 e. The standard InChI is InChI=1S/C50H58O6/c1-5-7-9-11-13-15-21-33-53-49(51)55-47-39-29-19-17-27-37(39)45(41-31-23-25-35(3)43(41)47)46-38-28-18-20-30-40(38)48(44-36(4)26-24-32-42(44)46)56-50(52)54-34-22-16-14-12-10-8-6-2/h17-20,23-32H,5-16,21-22,33-34H2,1-4H3. The van der Waals surface area contributed by atoms with Crippen molar-refractivity contribution in [2.75, 3.05) is 13.2 Å². The molecule has 0 spiro atoms. The third kappa shape index (κ3) is 9.46. The second-order valence-electron chi connectivity index (χ2n) is 15.1. The Kier molecular flexibility index (Phi) is 14.6. The molecule has 6 aromatic carbocycles. The van der Waals surface area contributed by atoms with Gasteiger partial charge in [0.15, 0.2) is 11.5 Å². The molecule has 294 valence electrons. The number of carbonyl (C=O) groups is 2. The van der Waals surface area contributed by atoms with Gasteiger partial charge in [-0.3, -0.25) is 0 Å². The van der Waals surface area contributed by atoms with E-state index in [2.05, 4.69) is 38.1 Å². The monoisotopic (exact) mass is 754 g/mol. The van der Waals surface area contributed by atoms with Crippen LogP contribution in [0.2, 0.25) is 0 Å². The molecule has 0 radical (unpaired) electrons. The highest BCUT2D eigenvalue weighted by atomic mass is 16.7. The number of unbranched alkanes of at least 4 members (excludes halogenated alkanes) is 12. The number of carbonyl (C=O) groups excluding carboxylic acids is 2. The second-order valence-corrected chi connectivity index (χ2v) is 15.1. The lowest BCUT2D eigenvalue weighted by Gasteiger charge is -2.22. The first-order valence-corrected chi connectivity index (χ1v) is 21.0. The van der Waals surface area contributed by atoms with Gasteiger partial charge >= 0.3 is 12.3 Å². The number of benzene rings is 6. The molecule has 6 aromatic rings. The number of rotatable bonds is 19. The van der Waals surface area contributed by atoms with Crippen LogP contribution >= 0.6 is 0 Å². The summed E-state index contributed by atoms with van der Waals surface area (Å²) in [5.41, 5.74) is 4.00. The number of hydrogen-bond acceptors (Lipinski definition) is 6. The molecule has 0 heterocycles. The van der Waals surface area contributed by atoms with Gasteiger partial charge in [-0.05, 0) is 70.5 Å². The van der Waals surface area contributed by atoms with Crippen LogP contribution in [-0.2, 0) is 9.47 Å². The van der Waals surface area contributed by atoms with Crippen LogP contribution in [0.15, 0.2) is 84.9 Å². The molecule has 0 aromatic heterocycles. The predicted octanol–water partition coefficient (Wildman–Crippen LogP) is 15.1. The Bertz CT molecular complexity index is 2110. The Morgan fingerprint density at radius 3 is 1.14 bits per heavy atom. The zero-order valence-electron chi connectivity index (χ0n) is 33.8. The molecule has 56 heavy (non-hydrogen) atoms. The Hall–Kier alpha value is -5.10. The number of hydrogen-bond donors (Lipinski definition) is 0. The van der Waals surface area contributed by atoms with Crippen LogP contribution in [0.1, 0.15) is 115 Å². The molecule has 0 fully saturated rings. The Balaban J connectivity index is 1.38. The molecule has 0 N–H and O–H groups in total. The molecule has 6 heteroatoms. The largest absolute Gasteiger partial charge is 0.513 e. The highest BCUT2D eigenvalue weighted by molar-refractivity contribution is 6.27. The molecule has 6 rings (SSSR count). The van der Waals surface area contributed by atoms with Gasteiger partial charge in [-0.15, -0.1) is 0 Å². The Labute approximate surface area is 332 Å². The van der Waals surface area contributed by atoms with Gasteiger partial charge in [0.25, 0.3) is 0 Å². The summed E-state index contributed by atoms with van der Waals surface area (Å²) in [7, 11) is 0. The zero-order chi connectivity index (χ0) is 39.3. The number of ether oxygens (including phenoxy) is 4. The van der Waals surface area contributed by atoms with Gasteiger partial charge in [-0.1, -0.05) is 176 Å². The van der Waals surface area contributed by atoms with Crippen molar-refractivity contribution < 1.29 is 28.5 Å². The van der Waals surface area contributed by atoms with Gasteiger partial charge in [-0.2, -0.15) is 0 Å². The van der Waals surface area contributed by atoms with E-state index in [0.717, 1.165) is 104 Å². The lowest BCUT2D eigenvalue weighted by molar-refractivity contribution is 0.0972. The molecule has 0 bridgehead atoms. The Morgan fingerprint density at radius 2 is 0.750 bits per heavy atom. The van der Waals surface area contributed by atoms with E-state index in [0.29, 0.717) is 24.7 Å².